The summed E-state index contributed by atoms with van der Waals surface area (Å²) in [6.07, 6.45) is 1.98. The first-order chi connectivity index (χ1) is 10.9. The Morgan fingerprint density at radius 3 is 2.48 bits per heavy atom. The molecule has 0 fully saturated rings. The van der Waals surface area contributed by atoms with E-state index in [9.17, 15) is 13.2 Å². The number of sulfone groups is 1. The number of carbonyl (C=O) groups is 1. The smallest absolute Gasteiger partial charge is 0.254 e. The zero-order chi connectivity index (χ0) is 16.6. The van der Waals surface area contributed by atoms with Crippen molar-refractivity contribution in [2.24, 2.45) is 0 Å². The maximum atomic E-state index is 12.8. The van der Waals surface area contributed by atoms with Crippen LogP contribution in [0.1, 0.15) is 27.0 Å². The minimum atomic E-state index is -3.33. The van der Waals surface area contributed by atoms with Crippen molar-refractivity contribution in [1.82, 2.24) is 4.90 Å². The number of aryl methyl sites for hydroxylation is 1. The van der Waals surface area contributed by atoms with Gasteiger partial charge in [0.2, 0.25) is 0 Å². The van der Waals surface area contributed by atoms with Gasteiger partial charge in [-0.2, -0.15) is 0 Å². The van der Waals surface area contributed by atoms with Crippen LogP contribution in [0.4, 0.5) is 0 Å². The quantitative estimate of drug-likeness (QED) is 0.851. The summed E-state index contributed by atoms with van der Waals surface area (Å²) < 4.78 is 23.5. The van der Waals surface area contributed by atoms with E-state index in [1.54, 1.807) is 17.0 Å². The lowest BCUT2D eigenvalue weighted by molar-refractivity contribution is 0.0733. The van der Waals surface area contributed by atoms with Crippen molar-refractivity contribution in [3.63, 3.8) is 0 Å². The predicted octanol–water partition coefficient (Wildman–Crippen LogP) is 2.60. The lowest BCUT2D eigenvalue weighted by atomic mass is 9.98. The molecule has 0 radical (unpaired) electrons. The highest BCUT2D eigenvalue weighted by molar-refractivity contribution is 7.90. The van der Waals surface area contributed by atoms with Crippen LogP contribution in [-0.2, 0) is 22.8 Å². The monoisotopic (exact) mass is 329 g/mol. The summed E-state index contributed by atoms with van der Waals surface area (Å²) in [5.41, 5.74) is 3.69. The zero-order valence-electron chi connectivity index (χ0n) is 13.2. The van der Waals surface area contributed by atoms with Gasteiger partial charge in [0.1, 0.15) is 0 Å². The summed E-state index contributed by atoms with van der Waals surface area (Å²) in [7, 11) is -3.33. The number of hydrogen-bond acceptors (Lipinski definition) is 3. The fourth-order valence-corrected chi connectivity index (χ4v) is 3.55. The summed E-state index contributed by atoms with van der Waals surface area (Å²) in [6.45, 7) is 3.05. The highest BCUT2D eigenvalue weighted by atomic mass is 32.2. The van der Waals surface area contributed by atoms with Crippen LogP contribution < -0.4 is 0 Å². The Hall–Kier alpha value is -2.14. The van der Waals surface area contributed by atoms with E-state index in [2.05, 4.69) is 6.07 Å². The van der Waals surface area contributed by atoms with Gasteiger partial charge in [0, 0.05) is 24.9 Å². The van der Waals surface area contributed by atoms with E-state index in [0.717, 1.165) is 23.8 Å². The number of carbonyl (C=O) groups excluding carboxylic acids is 1. The van der Waals surface area contributed by atoms with Crippen LogP contribution >= 0.6 is 0 Å². The zero-order valence-corrected chi connectivity index (χ0v) is 14.1. The summed E-state index contributed by atoms with van der Waals surface area (Å²) in [5.74, 6) is -0.109. The fraction of sp³-hybridized carbons (Fsp3) is 0.278. The third-order valence-electron chi connectivity index (χ3n) is 4.29. The first-order valence-corrected chi connectivity index (χ1v) is 9.42. The Bertz CT molecular complexity index is 872. The van der Waals surface area contributed by atoms with Crippen molar-refractivity contribution in [2.75, 3.05) is 12.8 Å². The minimum absolute atomic E-state index is 0.109. The lowest BCUT2D eigenvalue weighted by Gasteiger charge is -2.29. The maximum Gasteiger partial charge on any atom is 0.254 e. The molecule has 4 nitrogen and oxygen atoms in total. The van der Waals surface area contributed by atoms with Gasteiger partial charge < -0.3 is 4.90 Å². The SMILES string of the molecule is Cc1ccc(S(C)(=O)=O)cc1C(=O)N1CCc2ccccc2C1. The van der Waals surface area contributed by atoms with Crippen LogP contribution in [0.2, 0.25) is 0 Å². The van der Waals surface area contributed by atoms with E-state index in [4.69, 9.17) is 0 Å². The van der Waals surface area contributed by atoms with Crippen molar-refractivity contribution in [3.05, 3.63) is 64.7 Å². The molecule has 0 bridgehead atoms. The Labute approximate surface area is 136 Å². The molecule has 23 heavy (non-hydrogen) atoms. The second-order valence-electron chi connectivity index (χ2n) is 5.99. The molecule has 1 aliphatic heterocycles. The second-order valence-corrected chi connectivity index (χ2v) is 8.01. The molecule has 2 aromatic carbocycles. The van der Waals surface area contributed by atoms with Crippen LogP contribution in [0.15, 0.2) is 47.4 Å². The number of nitrogens with zero attached hydrogens (tertiary/aromatic N) is 1. The van der Waals surface area contributed by atoms with E-state index in [-0.39, 0.29) is 10.8 Å². The van der Waals surface area contributed by atoms with E-state index < -0.39 is 9.84 Å². The number of rotatable bonds is 2. The summed E-state index contributed by atoms with van der Waals surface area (Å²) in [5, 5.41) is 0. The molecule has 0 unspecified atom stereocenters. The molecular weight excluding hydrogens is 310 g/mol. The average Bonchev–Trinajstić information content (AvgIpc) is 2.53. The summed E-state index contributed by atoms with van der Waals surface area (Å²) in [4.78, 5) is 14.8. The highest BCUT2D eigenvalue weighted by Gasteiger charge is 2.23. The van der Waals surface area contributed by atoms with Gasteiger partial charge in [0.05, 0.1) is 4.90 Å². The average molecular weight is 329 g/mol. The first kappa shape index (κ1) is 15.7. The minimum Gasteiger partial charge on any atom is -0.334 e. The van der Waals surface area contributed by atoms with Gasteiger partial charge in [-0.15, -0.1) is 0 Å². The number of fused-ring (bicyclic) bond motifs is 1. The van der Waals surface area contributed by atoms with Crippen molar-refractivity contribution in [1.29, 1.82) is 0 Å². The van der Waals surface area contributed by atoms with Gasteiger partial charge in [-0.3, -0.25) is 4.79 Å². The molecule has 2 aromatic rings. The van der Waals surface area contributed by atoms with E-state index in [1.165, 1.54) is 11.6 Å². The van der Waals surface area contributed by atoms with E-state index >= 15 is 0 Å². The number of benzene rings is 2. The van der Waals surface area contributed by atoms with Crippen LogP contribution in [0.25, 0.3) is 0 Å². The molecule has 0 atom stereocenters. The molecular formula is C18H19NO3S. The molecule has 1 heterocycles. The van der Waals surface area contributed by atoms with Crippen molar-refractivity contribution < 1.29 is 13.2 Å². The molecule has 1 aliphatic rings. The number of hydrogen-bond donors (Lipinski definition) is 0. The van der Waals surface area contributed by atoms with Crippen LogP contribution in [-0.4, -0.2) is 32.0 Å². The Morgan fingerprint density at radius 2 is 1.78 bits per heavy atom. The second kappa shape index (κ2) is 5.81. The Kier molecular flexibility index (Phi) is 3.98. The van der Waals surface area contributed by atoms with Gasteiger partial charge >= 0.3 is 0 Å². The van der Waals surface area contributed by atoms with Gasteiger partial charge in [0.25, 0.3) is 5.91 Å². The fourth-order valence-electron chi connectivity index (χ4n) is 2.90. The Morgan fingerprint density at radius 1 is 1.09 bits per heavy atom. The summed E-state index contributed by atoms with van der Waals surface area (Å²) >= 11 is 0. The first-order valence-electron chi connectivity index (χ1n) is 7.53. The molecule has 0 spiro atoms. The van der Waals surface area contributed by atoms with Crippen LogP contribution in [0, 0.1) is 6.92 Å². The topological polar surface area (TPSA) is 54.5 Å². The van der Waals surface area contributed by atoms with E-state index in [0.29, 0.717) is 18.7 Å². The van der Waals surface area contributed by atoms with Crippen LogP contribution in [0.3, 0.4) is 0 Å². The highest BCUT2D eigenvalue weighted by Crippen LogP contribution is 2.23. The molecule has 1 amide bonds. The Balaban J connectivity index is 1.93. The molecule has 0 saturated heterocycles. The van der Waals surface area contributed by atoms with Gasteiger partial charge in [0.15, 0.2) is 9.84 Å². The largest absolute Gasteiger partial charge is 0.334 e. The van der Waals surface area contributed by atoms with Crippen molar-refractivity contribution >= 4 is 15.7 Å². The molecule has 0 aromatic heterocycles. The molecule has 0 saturated carbocycles. The maximum absolute atomic E-state index is 12.8. The summed E-state index contributed by atoms with van der Waals surface area (Å²) in [6, 6.07) is 12.8. The molecule has 0 aliphatic carbocycles. The normalized spacial score (nSPS) is 14.4. The van der Waals surface area contributed by atoms with Crippen molar-refractivity contribution in [3.8, 4) is 0 Å². The standard InChI is InChI=1S/C18H19NO3S/c1-13-7-8-16(23(2,21)22)11-17(13)18(20)19-10-9-14-5-3-4-6-15(14)12-19/h3-8,11H,9-10,12H2,1-2H3. The van der Waals surface area contributed by atoms with Gasteiger partial charge in [-0.25, -0.2) is 8.42 Å². The van der Waals surface area contributed by atoms with Crippen LogP contribution in [0.5, 0.6) is 0 Å². The molecule has 0 N–H and O–H groups in total. The molecule has 3 rings (SSSR count). The molecule has 5 heteroatoms. The lowest BCUT2D eigenvalue weighted by Crippen LogP contribution is -2.36. The third-order valence-corrected chi connectivity index (χ3v) is 5.40. The van der Waals surface area contributed by atoms with Gasteiger partial charge in [-0.05, 0) is 42.2 Å². The van der Waals surface area contributed by atoms with E-state index in [1.807, 2.05) is 25.1 Å². The third kappa shape index (κ3) is 3.15. The predicted molar refractivity (Wildman–Crippen MR) is 89.2 cm³/mol. The molecule has 120 valence electrons. The van der Waals surface area contributed by atoms with Gasteiger partial charge in [-0.1, -0.05) is 30.3 Å². The number of amides is 1. The van der Waals surface area contributed by atoms with Crippen molar-refractivity contribution in [2.45, 2.75) is 24.8 Å².